The summed E-state index contributed by atoms with van der Waals surface area (Å²) in [7, 11) is 0. The van der Waals surface area contributed by atoms with Gasteiger partial charge in [-0.15, -0.1) is 24.8 Å². The van der Waals surface area contributed by atoms with Gasteiger partial charge in [-0.2, -0.15) is 0 Å². The van der Waals surface area contributed by atoms with Crippen LogP contribution in [0.3, 0.4) is 0 Å². The van der Waals surface area contributed by atoms with Crippen molar-refractivity contribution in [1.29, 1.82) is 0 Å². The zero-order valence-corrected chi connectivity index (χ0v) is 12.2. The van der Waals surface area contributed by atoms with Crippen LogP contribution in [0.25, 0.3) is 0 Å². The lowest BCUT2D eigenvalue weighted by Gasteiger charge is -2.33. The Morgan fingerprint density at radius 3 is 2.47 bits per heavy atom. The molecule has 1 atom stereocenters. The topological polar surface area (TPSA) is 15.3 Å². The Kier molecular flexibility index (Phi) is 8.18. The van der Waals surface area contributed by atoms with Gasteiger partial charge in [-0.1, -0.05) is 23.7 Å². The molecule has 1 aliphatic heterocycles. The molecule has 2 rings (SSSR count). The molecular formula is C12H19Cl3N2. The van der Waals surface area contributed by atoms with Gasteiger partial charge in [-0.3, -0.25) is 4.90 Å². The molecule has 1 saturated heterocycles. The van der Waals surface area contributed by atoms with Crippen molar-refractivity contribution in [3.8, 4) is 0 Å². The number of piperazine rings is 1. The molecular weight excluding hydrogens is 279 g/mol. The van der Waals surface area contributed by atoms with Crippen LogP contribution in [-0.2, 0) is 0 Å². The van der Waals surface area contributed by atoms with Crippen LogP contribution in [0.4, 0.5) is 0 Å². The molecule has 98 valence electrons. The normalized spacial score (nSPS) is 17.8. The second-order valence-corrected chi connectivity index (χ2v) is 4.45. The summed E-state index contributed by atoms with van der Waals surface area (Å²) < 4.78 is 0. The maximum atomic E-state index is 6.00. The zero-order chi connectivity index (χ0) is 10.7. The van der Waals surface area contributed by atoms with Gasteiger partial charge in [-0.25, -0.2) is 0 Å². The Labute approximate surface area is 121 Å². The minimum Gasteiger partial charge on any atom is -0.314 e. The van der Waals surface area contributed by atoms with E-state index in [0.717, 1.165) is 31.2 Å². The Morgan fingerprint density at radius 2 is 1.88 bits per heavy atom. The van der Waals surface area contributed by atoms with Crippen LogP contribution in [0, 0.1) is 0 Å². The Hall–Kier alpha value is 0.01000. The van der Waals surface area contributed by atoms with Gasteiger partial charge in [0.2, 0.25) is 0 Å². The van der Waals surface area contributed by atoms with Crippen LogP contribution in [0.5, 0.6) is 0 Å². The van der Waals surface area contributed by atoms with Crippen molar-refractivity contribution < 1.29 is 0 Å². The molecule has 2 nitrogen and oxygen atoms in total. The molecule has 0 amide bonds. The molecule has 5 heteroatoms. The van der Waals surface area contributed by atoms with Crippen LogP contribution < -0.4 is 5.32 Å². The molecule has 0 aliphatic carbocycles. The molecule has 1 aliphatic rings. The molecule has 1 fully saturated rings. The number of hydrogen-bond donors (Lipinski definition) is 1. The van der Waals surface area contributed by atoms with Crippen LogP contribution in [0.15, 0.2) is 24.3 Å². The van der Waals surface area contributed by atoms with Crippen molar-refractivity contribution in [2.24, 2.45) is 0 Å². The van der Waals surface area contributed by atoms with Gasteiger partial charge >= 0.3 is 0 Å². The van der Waals surface area contributed by atoms with Crippen molar-refractivity contribution in [2.75, 3.05) is 26.2 Å². The summed E-state index contributed by atoms with van der Waals surface area (Å²) >= 11 is 6.00. The van der Waals surface area contributed by atoms with E-state index in [9.17, 15) is 0 Å². The SMILES string of the molecule is C[C@@H](c1cccc(Cl)c1)N1CCNCC1.Cl.Cl. The minimum absolute atomic E-state index is 0. The lowest BCUT2D eigenvalue weighted by atomic mass is 10.1. The molecule has 0 saturated carbocycles. The molecule has 1 N–H and O–H groups in total. The Balaban J connectivity index is 0.00000128. The van der Waals surface area contributed by atoms with Crippen molar-refractivity contribution in [1.82, 2.24) is 10.2 Å². The summed E-state index contributed by atoms with van der Waals surface area (Å²) in [6.45, 7) is 6.66. The van der Waals surface area contributed by atoms with Gasteiger partial charge < -0.3 is 5.32 Å². The highest BCUT2D eigenvalue weighted by Gasteiger charge is 2.17. The highest BCUT2D eigenvalue weighted by molar-refractivity contribution is 6.30. The standard InChI is InChI=1S/C12H17ClN2.2ClH/c1-10(15-7-5-14-6-8-15)11-3-2-4-12(13)9-11;;/h2-4,9-10,14H,5-8H2,1H3;2*1H/t10-;;/m0../s1. The van der Waals surface area contributed by atoms with Gasteiger partial charge in [0, 0.05) is 37.2 Å². The van der Waals surface area contributed by atoms with E-state index in [0.29, 0.717) is 6.04 Å². The van der Waals surface area contributed by atoms with Crippen molar-refractivity contribution >= 4 is 36.4 Å². The maximum Gasteiger partial charge on any atom is 0.0409 e. The van der Waals surface area contributed by atoms with Gasteiger partial charge in [-0.05, 0) is 24.6 Å². The smallest absolute Gasteiger partial charge is 0.0409 e. The molecule has 0 bridgehead atoms. The highest BCUT2D eigenvalue weighted by atomic mass is 35.5. The Bertz CT molecular complexity index is 327. The first-order chi connectivity index (χ1) is 7.27. The first kappa shape index (κ1) is 17.0. The average Bonchev–Trinajstić information content (AvgIpc) is 2.29. The number of nitrogens with one attached hydrogen (secondary N) is 1. The fraction of sp³-hybridized carbons (Fsp3) is 0.500. The van der Waals surface area contributed by atoms with Gasteiger partial charge in [0.1, 0.15) is 0 Å². The summed E-state index contributed by atoms with van der Waals surface area (Å²) in [4.78, 5) is 2.49. The average molecular weight is 298 g/mol. The van der Waals surface area contributed by atoms with Crippen molar-refractivity contribution in [2.45, 2.75) is 13.0 Å². The van der Waals surface area contributed by atoms with Crippen LogP contribution in [-0.4, -0.2) is 31.1 Å². The van der Waals surface area contributed by atoms with E-state index in [1.54, 1.807) is 0 Å². The fourth-order valence-electron chi connectivity index (χ4n) is 2.05. The van der Waals surface area contributed by atoms with Gasteiger partial charge in [0.05, 0.1) is 0 Å². The van der Waals surface area contributed by atoms with E-state index in [1.807, 2.05) is 12.1 Å². The molecule has 0 unspecified atom stereocenters. The first-order valence-corrected chi connectivity index (χ1v) is 5.85. The summed E-state index contributed by atoms with van der Waals surface area (Å²) in [6.07, 6.45) is 0. The summed E-state index contributed by atoms with van der Waals surface area (Å²) in [5.74, 6) is 0. The van der Waals surface area contributed by atoms with E-state index in [-0.39, 0.29) is 24.8 Å². The second-order valence-electron chi connectivity index (χ2n) is 4.02. The third-order valence-electron chi connectivity index (χ3n) is 3.03. The van der Waals surface area contributed by atoms with E-state index < -0.39 is 0 Å². The van der Waals surface area contributed by atoms with Crippen LogP contribution >= 0.6 is 36.4 Å². The molecule has 0 aromatic heterocycles. The predicted octanol–water partition coefficient (Wildman–Crippen LogP) is 3.15. The molecule has 1 aromatic carbocycles. The summed E-state index contributed by atoms with van der Waals surface area (Å²) in [5, 5.41) is 4.19. The van der Waals surface area contributed by atoms with Crippen LogP contribution in [0.1, 0.15) is 18.5 Å². The molecule has 0 spiro atoms. The quantitative estimate of drug-likeness (QED) is 0.902. The second kappa shape index (κ2) is 8.17. The largest absolute Gasteiger partial charge is 0.314 e. The van der Waals surface area contributed by atoms with Crippen molar-refractivity contribution in [3.05, 3.63) is 34.9 Å². The molecule has 1 aromatic rings. The lowest BCUT2D eigenvalue weighted by molar-refractivity contribution is 0.185. The third kappa shape index (κ3) is 4.65. The van der Waals surface area contributed by atoms with E-state index in [2.05, 4.69) is 29.3 Å². The minimum atomic E-state index is 0. The van der Waals surface area contributed by atoms with Gasteiger partial charge in [0.25, 0.3) is 0 Å². The summed E-state index contributed by atoms with van der Waals surface area (Å²) in [6, 6.07) is 8.63. The van der Waals surface area contributed by atoms with E-state index in [1.165, 1.54) is 5.56 Å². The predicted molar refractivity (Wildman–Crippen MR) is 78.8 cm³/mol. The summed E-state index contributed by atoms with van der Waals surface area (Å²) in [5.41, 5.74) is 1.31. The maximum absolute atomic E-state index is 6.00. The highest BCUT2D eigenvalue weighted by Crippen LogP contribution is 2.22. The first-order valence-electron chi connectivity index (χ1n) is 5.47. The number of hydrogen-bond acceptors (Lipinski definition) is 2. The third-order valence-corrected chi connectivity index (χ3v) is 3.27. The lowest BCUT2D eigenvalue weighted by Crippen LogP contribution is -2.44. The number of halogens is 3. The van der Waals surface area contributed by atoms with Crippen LogP contribution in [0.2, 0.25) is 5.02 Å². The molecule has 17 heavy (non-hydrogen) atoms. The molecule has 1 heterocycles. The zero-order valence-electron chi connectivity index (χ0n) is 9.86. The number of benzene rings is 1. The van der Waals surface area contributed by atoms with E-state index in [4.69, 9.17) is 11.6 Å². The van der Waals surface area contributed by atoms with Crippen molar-refractivity contribution in [3.63, 3.8) is 0 Å². The van der Waals surface area contributed by atoms with E-state index >= 15 is 0 Å². The fourth-order valence-corrected chi connectivity index (χ4v) is 2.25. The monoisotopic (exact) mass is 296 g/mol. The van der Waals surface area contributed by atoms with Gasteiger partial charge in [0.15, 0.2) is 0 Å². The number of nitrogens with zero attached hydrogens (tertiary/aromatic N) is 1. The Morgan fingerprint density at radius 1 is 1.24 bits per heavy atom. The molecule has 0 radical (unpaired) electrons. The number of rotatable bonds is 2.